The molecule has 0 aliphatic rings. The zero-order chi connectivity index (χ0) is 15.4. The Kier molecular flexibility index (Phi) is 4.28. The van der Waals surface area contributed by atoms with Crippen molar-refractivity contribution in [1.29, 1.82) is 0 Å². The molecule has 0 spiro atoms. The minimum Gasteiger partial charge on any atom is -0.457 e. The number of ether oxygens (including phenoxy) is 1. The van der Waals surface area contributed by atoms with Crippen molar-refractivity contribution in [3.63, 3.8) is 0 Å². The molecule has 0 radical (unpaired) electrons. The van der Waals surface area contributed by atoms with Crippen LogP contribution in [-0.2, 0) is 0 Å². The van der Waals surface area contributed by atoms with Gasteiger partial charge in [-0.15, -0.1) is 0 Å². The molecule has 2 rings (SSSR count). The average Bonchev–Trinajstić information content (AvgIpc) is 2.42. The van der Waals surface area contributed by atoms with Gasteiger partial charge in [-0.25, -0.2) is 0 Å². The lowest BCUT2D eigenvalue weighted by Gasteiger charge is -2.12. The van der Waals surface area contributed by atoms with E-state index in [1.54, 1.807) is 18.3 Å². The maximum atomic E-state index is 5.82. The van der Waals surface area contributed by atoms with Crippen molar-refractivity contribution in [3.8, 4) is 11.5 Å². The van der Waals surface area contributed by atoms with E-state index >= 15 is 0 Å². The second-order valence-corrected chi connectivity index (χ2v) is 4.89. The molecule has 0 aliphatic carbocycles. The molecule has 1 aromatic carbocycles. The van der Waals surface area contributed by atoms with E-state index in [9.17, 15) is 0 Å². The lowest BCUT2D eigenvalue weighted by atomic mass is 10.2. The van der Waals surface area contributed by atoms with Crippen LogP contribution in [0.4, 0.5) is 5.69 Å². The molecule has 0 fully saturated rings. The van der Waals surface area contributed by atoms with Gasteiger partial charge in [-0.05, 0) is 43.7 Å². The summed E-state index contributed by atoms with van der Waals surface area (Å²) in [5.74, 6) is 1.42. The predicted molar refractivity (Wildman–Crippen MR) is 87.1 cm³/mol. The van der Waals surface area contributed by atoms with Crippen LogP contribution in [0.25, 0.3) is 5.70 Å². The van der Waals surface area contributed by atoms with Crippen LogP contribution in [0.1, 0.15) is 18.2 Å². The minimum absolute atomic E-state index is 0.414. The Morgan fingerprint density at radius 2 is 1.90 bits per heavy atom. The van der Waals surface area contributed by atoms with E-state index in [4.69, 9.17) is 10.5 Å². The fourth-order valence-electron chi connectivity index (χ4n) is 1.86. The first-order chi connectivity index (χ1) is 9.95. The Balaban J connectivity index is 2.20. The summed E-state index contributed by atoms with van der Waals surface area (Å²) in [6.45, 7) is 11.4. The number of aromatic nitrogens is 1. The minimum atomic E-state index is 0.414. The third-order valence-electron chi connectivity index (χ3n) is 2.84. The van der Waals surface area contributed by atoms with Crippen molar-refractivity contribution in [3.05, 3.63) is 66.6 Å². The van der Waals surface area contributed by atoms with Crippen LogP contribution in [0.2, 0.25) is 0 Å². The first kappa shape index (κ1) is 14.7. The highest BCUT2D eigenvalue weighted by molar-refractivity contribution is 5.59. The zero-order valence-corrected chi connectivity index (χ0v) is 12.3. The summed E-state index contributed by atoms with van der Waals surface area (Å²) in [6, 6.07) is 9.36. The highest BCUT2D eigenvalue weighted by Crippen LogP contribution is 2.27. The Morgan fingerprint density at radius 1 is 1.19 bits per heavy atom. The molecular weight excluding hydrogens is 262 g/mol. The van der Waals surface area contributed by atoms with Crippen LogP contribution < -0.4 is 15.8 Å². The lowest BCUT2D eigenvalue weighted by Crippen LogP contribution is -1.98. The molecule has 4 heteroatoms. The number of nitrogens with one attached hydrogen (secondary N) is 1. The summed E-state index contributed by atoms with van der Waals surface area (Å²) >= 11 is 0. The monoisotopic (exact) mass is 281 g/mol. The van der Waals surface area contributed by atoms with E-state index in [1.165, 1.54) is 0 Å². The third-order valence-corrected chi connectivity index (χ3v) is 2.84. The van der Waals surface area contributed by atoms with Crippen molar-refractivity contribution in [2.24, 2.45) is 5.73 Å². The summed E-state index contributed by atoms with van der Waals surface area (Å²) in [7, 11) is 0. The Labute approximate surface area is 125 Å². The summed E-state index contributed by atoms with van der Waals surface area (Å²) < 4.78 is 5.82. The fourth-order valence-corrected chi connectivity index (χ4v) is 1.86. The van der Waals surface area contributed by atoms with Gasteiger partial charge in [0.15, 0.2) is 0 Å². The predicted octanol–water partition coefficient (Wildman–Crippen LogP) is 4.06. The van der Waals surface area contributed by atoms with Crippen LogP contribution in [0.15, 0.2) is 55.4 Å². The van der Waals surface area contributed by atoms with E-state index in [0.717, 1.165) is 22.7 Å². The van der Waals surface area contributed by atoms with Gasteiger partial charge in [-0.2, -0.15) is 0 Å². The molecule has 0 bridgehead atoms. The van der Waals surface area contributed by atoms with Crippen molar-refractivity contribution in [2.75, 3.05) is 5.32 Å². The van der Waals surface area contributed by atoms with Crippen LogP contribution >= 0.6 is 0 Å². The van der Waals surface area contributed by atoms with Crippen molar-refractivity contribution < 1.29 is 4.74 Å². The quantitative estimate of drug-likeness (QED) is 0.867. The first-order valence-corrected chi connectivity index (χ1v) is 6.57. The number of benzene rings is 1. The van der Waals surface area contributed by atoms with E-state index in [-0.39, 0.29) is 0 Å². The van der Waals surface area contributed by atoms with Gasteiger partial charge >= 0.3 is 0 Å². The normalized spacial score (nSPS) is 10.0. The second kappa shape index (κ2) is 6.13. The maximum Gasteiger partial charge on any atom is 0.131 e. The van der Waals surface area contributed by atoms with Gasteiger partial charge in [0.25, 0.3) is 0 Å². The number of pyridine rings is 1. The Hall–Kier alpha value is -2.75. The SMILES string of the molecule is C=C(C)Nc1ccc(Oc2ccnc(C(=C)N)c2)cc1C. The average molecular weight is 281 g/mol. The number of rotatable bonds is 5. The number of anilines is 1. The molecule has 0 amide bonds. The molecule has 3 N–H and O–H groups in total. The molecule has 0 atom stereocenters. The molecule has 0 saturated carbocycles. The van der Waals surface area contributed by atoms with Gasteiger partial charge in [-0.1, -0.05) is 13.2 Å². The first-order valence-electron chi connectivity index (χ1n) is 6.57. The van der Waals surface area contributed by atoms with E-state index < -0.39 is 0 Å². The molecule has 0 unspecified atom stereocenters. The summed E-state index contributed by atoms with van der Waals surface area (Å²) in [6.07, 6.45) is 1.65. The molecule has 0 aliphatic heterocycles. The fraction of sp³-hybridized carbons (Fsp3) is 0.118. The smallest absolute Gasteiger partial charge is 0.131 e. The topological polar surface area (TPSA) is 60.2 Å². The Morgan fingerprint density at radius 3 is 2.52 bits per heavy atom. The van der Waals surface area contributed by atoms with Gasteiger partial charge in [-0.3, -0.25) is 4.98 Å². The highest BCUT2D eigenvalue weighted by Gasteiger charge is 2.04. The second-order valence-electron chi connectivity index (χ2n) is 4.89. The summed E-state index contributed by atoms with van der Waals surface area (Å²) in [5, 5.41) is 3.20. The standard InChI is InChI=1S/C17H19N3O/c1-11(2)20-16-6-5-14(9-12(16)3)21-15-7-8-19-17(10-15)13(4)18/h5-10,20H,1,4,18H2,2-3H3. The third kappa shape index (κ3) is 3.86. The molecule has 108 valence electrons. The number of nitrogens with two attached hydrogens (primary N) is 1. The van der Waals surface area contributed by atoms with Gasteiger partial charge in [0.05, 0.1) is 11.4 Å². The van der Waals surface area contributed by atoms with Crippen LogP contribution in [-0.4, -0.2) is 4.98 Å². The van der Waals surface area contributed by atoms with E-state index in [0.29, 0.717) is 17.1 Å². The van der Waals surface area contributed by atoms with Crippen LogP contribution in [0.3, 0.4) is 0 Å². The lowest BCUT2D eigenvalue weighted by molar-refractivity contribution is 0.481. The number of aryl methyl sites for hydroxylation is 1. The van der Waals surface area contributed by atoms with Gasteiger partial charge in [0, 0.05) is 23.6 Å². The maximum absolute atomic E-state index is 5.82. The molecule has 1 aromatic heterocycles. The van der Waals surface area contributed by atoms with Crippen LogP contribution in [0, 0.1) is 6.92 Å². The highest BCUT2D eigenvalue weighted by atomic mass is 16.5. The van der Waals surface area contributed by atoms with E-state index in [2.05, 4.69) is 23.5 Å². The zero-order valence-electron chi connectivity index (χ0n) is 12.3. The Bertz CT molecular complexity index is 692. The van der Waals surface area contributed by atoms with Crippen molar-refractivity contribution in [2.45, 2.75) is 13.8 Å². The number of hydrogen-bond acceptors (Lipinski definition) is 4. The molecule has 2 aromatic rings. The molecule has 1 heterocycles. The van der Waals surface area contributed by atoms with Gasteiger partial charge in [0.1, 0.15) is 11.5 Å². The van der Waals surface area contributed by atoms with Crippen molar-refractivity contribution >= 4 is 11.4 Å². The number of hydrogen-bond donors (Lipinski definition) is 2. The molecule has 0 saturated heterocycles. The molecular formula is C17H19N3O. The van der Waals surface area contributed by atoms with Crippen molar-refractivity contribution in [1.82, 2.24) is 4.98 Å². The van der Waals surface area contributed by atoms with Gasteiger partial charge < -0.3 is 15.8 Å². The largest absolute Gasteiger partial charge is 0.457 e. The number of allylic oxidation sites excluding steroid dienone is 1. The van der Waals surface area contributed by atoms with Gasteiger partial charge in [0.2, 0.25) is 0 Å². The summed E-state index contributed by atoms with van der Waals surface area (Å²) in [5.41, 5.74) is 9.65. The molecule has 4 nitrogen and oxygen atoms in total. The summed E-state index contributed by atoms with van der Waals surface area (Å²) in [4.78, 5) is 4.12. The van der Waals surface area contributed by atoms with E-state index in [1.807, 2.05) is 32.0 Å². The van der Waals surface area contributed by atoms with Crippen LogP contribution in [0.5, 0.6) is 11.5 Å². The molecule has 21 heavy (non-hydrogen) atoms. The number of nitrogens with zero attached hydrogens (tertiary/aromatic N) is 1.